The van der Waals surface area contributed by atoms with Gasteiger partial charge in [0.25, 0.3) is 0 Å². The molecular formula is C27H27N3O. The van der Waals surface area contributed by atoms with Gasteiger partial charge in [0.15, 0.2) is 0 Å². The second-order valence-electron chi connectivity index (χ2n) is 8.22. The average Bonchev–Trinajstić information content (AvgIpc) is 3.18. The summed E-state index contributed by atoms with van der Waals surface area (Å²) in [7, 11) is 0. The van der Waals surface area contributed by atoms with Gasteiger partial charge in [-0.2, -0.15) is 0 Å². The summed E-state index contributed by atoms with van der Waals surface area (Å²) >= 11 is 0. The lowest BCUT2D eigenvalue weighted by Crippen LogP contribution is -2.19. The molecule has 4 aromatic rings. The van der Waals surface area contributed by atoms with Gasteiger partial charge in [-0.15, -0.1) is 0 Å². The number of benzene rings is 3. The molecule has 4 nitrogen and oxygen atoms in total. The van der Waals surface area contributed by atoms with Crippen LogP contribution in [0.2, 0.25) is 0 Å². The molecule has 0 bridgehead atoms. The predicted molar refractivity (Wildman–Crippen MR) is 128 cm³/mol. The molecule has 156 valence electrons. The minimum atomic E-state index is 0.0408. The molecule has 4 heteroatoms. The monoisotopic (exact) mass is 409 g/mol. The minimum absolute atomic E-state index is 0.0408. The number of nitrogens with zero attached hydrogens (tertiary/aromatic N) is 2. The van der Waals surface area contributed by atoms with Gasteiger partial charge >= 0.3 is 0 Å². The third kappa shape index (κ3) is 3.59. The van der Waals surface area contributed by atoms with E-state index in [-0.39, 0.29) is 6.04 Å². The summed E-state index contributed by atoms with van der Waals surface area (Å²) in [5.74, 6) is 2.28. The van der Waals surface area contributed by atoms with Gasteiger partial charge in [0, 0.05) is 5.70 Å². The lowest BCUT2D eigenvalue weighted by atomic mass is 9.98. The summed E-state index contributed by atoms with van der Waals surface area (Å²) in [6.45, 7) is 7.11. The fourth-order valence-corrected chi connectivity index (χ4v) is 4.20. The number of fused-ring (bicyclic) bond motifs is 3. The van der Waals surface area contributed by atoms with E-state index in [0.717, 1.165) is 28.4 Å². The highest BCUT2D eigenvalue weighted by Gasteiger charge is 2.25. The van der Waals surface area contributed by atoms with Crippen molar-refractivity contribution in [3.05, 3.63) is 95.6 Å². The maximum absolute atomic E-state index is 5.65. The fraction of sp³-hybridized carbons (Fsp3) is 0.222. The first-order valence-electron chi connectivity index (χ1n) is 10.9. The molecule has 31 heavy (non-hydrogen) atoms. The number of aromatic nitrogens is 2. The van der Waals surface area contributed by atoms with E-state index in [2.05, 4.69) is 84.4 Å². The maximum atomic E-state index is 5.65. The number of hydrogen-bond donors (Lipinski definition) is 1. The number of allylic oxidation sites excluding steroid dienone is 1. The van der Waals surface area contributed by atoms with Gasteiger partial charge in [0.2, 0.25) is 5.95 Å². The maximum Gasteiger partial charge on any atom is 0.209 e. The smallest absolute Gasteiger partial charge is 0.209 e. The van der Waals surface area contributed by atoms with Gasteiger partial charge in [0.1, 0.15) is 5.75 Å². The van der Waals surface area contributed by atoms with E-state index in [1.54, 1.807) is 0 Å². The van der Waals surface area contributed by atoms with Crippen molar-refractivity contribution in [3.63, 3.8) is 0 Å². The molecule has 5 rings (SSSR count). The number of imidazole rings is 1. The summed E-state index contributed by atoms with van der Waals surface area (Å²) in [6, 6.07) is 25.5. The number of para-hydroxylation sites is 2. The van der Waals surface area contributed by atoms with Crippen LogP contribution < -0.4 is 10.1 Å². The molecule has 2 heterocycles. The number of rotatable bonds is 5. The highest BCUT2D eigenvalue weighted by Crippen LogP contribution is 2.37. The van der Waals surface area contributed by atoms with E-state index in [1.165, 1.54) is 16.7 Å². The van der Waals surface area contributed by atoms with Crippen LogP contribution in [0.4, 0.5) is 5.95 Å². The summed E-state index contributed by atoms with van der Waals surface area (Å²) < 4.78 is 7.92. The molecule has 0 aliphatic carbocycles. The van der Waals surface area contributed by atoms with E-state index >= 15 is 0 Å². The lowest BCUT2D eigenvalue weighted by molar-refractivity contribution is 0.340. The van der Waals surface area contributed by atoms with E-state index in [9.17, 15) is 0 Å². The van der Waals surface area contributed by atoms with E-state index in [0.29, 0.717) is 12.5 Å². The third-order valence-electron chi connectivity index (χ3n) is 5.87. The van der Waals surface area contributed by atoms with Crippen LogP contribution >= 0.6 is 0 Å². The molecule has 1 atom stereocenters. The molecule has 1 aliphatic heterocycles. The molecule has 0 saturated heterocycles. The van der Waals surface area contributed by atoms with Crippen molar-refractivity contribution in [2.75, 3.05) is 11.9 Å². The van der Waals surface area contributed by atoms with Gasteiger partial charge in [-0.1, -0.05) is 62.4 Å². The number of anilines is 1. The molecule has 0 fully saturated rings. The molecule has 0 unspecified atom stereocenters. The van der Waals surface area contributed by atoms with Gasteiger partial charge in [-0.3, -0.25) is 4.57 Å². The van der Waals surface area contributed by atoms with Crippen LogP contribution in [0.25, 0.3) is 16.7 Å². The predicted octanol–water partition coefficient (Wildman–Crippen LogP) is 6.61. The number of ether oxygens (including phenoxy) is 1. The minimum Gasteiger partial charge on any atom is -0.494 e. The van der Waals surface area contributed by atoms with Crippen molar-refractivity contribution < 1.29 is 4.74 Å². The van der Waals surface area contributed by atoms with Crippen molar-refractivity contribution in [1.29, 1.82) is 0 Å². The molecule has 1 N–H and O–H groups in total. The van der Waals surface area contributed by atoms with Crippen LogP contribution in [0.5, 0.6) is 5.75 Å². The molecular weight excluding hydrogens is 382 g/mol. The molecule has 0 amide bonds. The highest BCUT2D eigenvalue weighted by atomic mass is 16.5. The van der Waals surface area contributed by atoms with E-state index in [4.69, 9.17) is 9.72 Å². The summed E-state index contributed by atoms with van der Waals surface area (Å²) in [6.07, 6.45) is 2.29. The second kappa shape index (κ2) is 7.95. The van der Waals surface area contributed by atoms with Crippen molar-refractivity contribution in [1.82, 2.24) is 9.55 Å². The Bertz CT molecular complexity index is 1230. The van der Waals surface area contributed by atoms with E-state index in [1.807, 2.05) is 25.1 Å². The van der Waals surface area contributed by atoms with Gasteiger partial charge < -0.3 is 10.1 Å². The van der Waals surface area contributed by atoms with Crippen molar-refractivity contribution in [2.45, 2.75) is 32.7 Å². The standard InChI is InChI=1S/C27H27N3O/c1-4-31-22-15-13-21(14-16-22)26-17-24(20-11-9-19(10-12-20)18(2)3)29-27-28-23-7-5-6-8-25(23)30(26)27/h5-18,26H,4H2,1-3H3,(H,28,29)/t26-/m1/s1. The number of hydrogen-bond acceptors (Lipinski definition) is 3. The zero-order valence-electron chi connectivity index (χ0n) is 18.2. The molecule has 0 saturated carbocycles. The lowest BCUT2D eigenvalue weighted by Gasteiger charge is -2.27. The second-order valence-corrected chi connectivity index (χ2v) is 8.22. The largest absolute Gasteiger partial charge is 0.494 e. The molecule has 3 aromatic carbocycles. The topological polar surface area (TPSA) is 39.1 Å². The Morgan fingerprint density at radius 1 is 0.968 bits per heavy atom. The Balaban J connectivity index is 1.61. The highest BCUT2D eigenvalue weighted by molar-refractivity contribution is 5.85. The SMILES string of the molecule is CCOc1ccc([C@H]2C=C(c3ccc(C(C)C)cc3)Nc3nc4ccccc4n32)cc1. The molecule has 1 aliphatic rings. The Labute approximate surface area is 183 Å². The van der Waals surface area contributed by atoms with Gasteiger partial charge in [-0.05, 0) is 59.9 Å². The summed E-state index contributed by atoms with van der Waals surface area (Å²) in [5.41, 5.74) is 6.90. The van der Waals surface area contributed by atoms with Crippen molar-refractivity contribution >= 4 is 22.7 Å². The first kappa shape index (κ1) is 19.4. The van der Waals surface area contributed by atoms with Crippen LogP contribution in [0.3, 0.4) is 0 Å². The van der Waals surface area contributed by atoms with Gasteiger partial charge in [0.05, 0.1) is 23.7 Å². The summed E-state index contributed by atoms with van der Waals surface area (Å²) in [5, 5.41) is 3.57. The Morgan fingerprint density at radius 2 is 1.71 bits per heavy atom. The Morgan fingerprint density at radius 3 is 2.42 bits per heavy atom. The van der Waals surface area contributed by atoms with Crippen LogP contribution in [-0.2, 0) is 0 Å². The van der Waals surface area contributed by atoms with Gasteiger partial charge in [-0.25, -0.2) is 4.98 Å². The zero-order chi connectivity index (χ0) is 21.4. The molecule has 0 radical (unpaired) electrons. The number of nitrogens with one attached hydrogen (secondary N) is 1. The molecule has 1 aromatic heterocycles. The first-order chi connectivity index (χ1) is 15.1. The Hall–Kier alpha value is -3.53. The first-order valence-corrected chi connectivity index (χ1v) is 10.9. The quantitative estimate of drug-likeness (QED) is 0.403. The summed E-state index contributed by atoms with van der Waals surface area (Å²) in [4.78, 5) is 4.88. The normalized spacial score (nSPS) is 15.5. The fourth-order valence-electron chi connectivity index (χ4n) is 4.20. The van der Waals surface area contributed by atoms with Crippen LogP contribution in [-0.4, -0.2) is 16.2 Å². The van der Waals surface area contributed by atoms with Crippen molar-refractivity contribution in [2.24, 2.45) is 0 Å². The third-order valence-corrected chi connectivity index (χ3v) is 5.87. The average molecular weight is 410 g/mol. The van der Waals surface area contributed by atoms with Crippen LogP contribution in [0, 0.1) is 0 Å². The van der Waals surface area contributed by atoms with E-state index < -0.39 is 0 Å². The zero-order valence-corrected chi connectivity index (χ0v) is 18.2. The Kier molecular flexibility index (Phi) is 4.99. The van der Waals surface area contributed by atoms with Crippen LogP contribution in [0.1, 0.15) is 49.4 Å². The van der Waals surface area contributed by atoms with Crippen molar-refractivity contribution in [3.8, 4) is 5.75 Å². The van der Waals surface area contributed by atoms with Crippen LogP contribution in [0.15, 0.2) is 78.9 Å². The molecule has 0 spiro atoms.